The fraction of sp³-hybridized carbons (Fsp3) is 0.667. The highest BCUT2D eigenvalue weighted by Crippen LogP contribution is 2.30. The van der Waals surface area contributed by atoms with Crippen molar-refractivity contribution in [2.45, 2.75) is 61.4 Å². The van der Waals surface area contributed by atoms with Gasteiger partial charge in [0.25, 0.3) is 0 Å². The Hall–Kier alpha value is -1.58. The smallest absolute Gasteiger partial charge is 0.229 e. The molecule has 0 aromatic heterocycles. The van der Waals surface area contributed by atoms with Gasteiger partial charge in [0.1, 0.15) is 60.3 Å². The number of benzene rings is 1. The third kappa shape index (κ3) is 4.68. The van der Waals surface area contributed by atoms with Crippen LogP contribution in [0.4, 0.5) is 0 Å². The van der Waals surface area contributed by atoms with Crippen molar-refractivity contribution < 1.29 is 59.8 Å². The first-order valence-electron chi connectivity index (χ1n) is 9.31. The summed E-state index contributed by atoms with van der Waals surface area (Å²) in [6.07, 6.45) is -15.3. The van der Waals surface area contributed by atoms with Gasteiger partial charge in [-0.15, -0.1) is 0 Å². The second-order valence-electron chi connectivity index (χ2n) is 7.12. The van der Waals surface area contributed by atoms with Gasteiger partial charge in [0, 0.05) is 0 Å². The fourth-order valence-electron chi connectivity index (χ4n) is 3.30. The lowest BCUT2D eigenvalue weighted by atomic mass is 9.97. The van der Waals surface area contributed by atoms with Crippen molar-refractivity contribution in [3.8, 4) is 11.5 Å². The third-order valence-corrected chi connectivity index (χ3v) is 5.05. The van der Waals surface area contributed by atoms with Crippen LogP contribution in [-0.4, -0.2) is 115 Å². The number of aliphatic hydroxyl groups excluding tert-OH is 7. The molecule has 30 heavy (non-hydrogen) atoms. The van der Waals surface area contributed by atoms with Crippen molar-refractivity contribution in [1.82, 2.24) is 0 Å². The Bertz CT molecular complexity index is 670. The van der Waals surface area contributed by atoms with Crippen LogP contribution in [-0.2, 0) is 14.2 Å². The number of aliphatic hydroxyl groups is 7. The van der Waals surface area contributed by atoms with Gasteiger partial charge < -0.3 is 59.8 Å². The SMILES string of the molecule is OC[C@H]1O[C@@H](O[C@@H]2[C@@H](O)[C@H](Oc3ccc(O)cc3)O[C@H](CO)[C@H]2O)[C@H](O)[C@@H](O)[C@@H]1O. The second-order valence-corrected chi connectivity index (χ2v) is 7.12. The minimum absolute atomic E-state index is 0.0139. The standard InChI is InChI=1S/C18H26O12/c19-5-9-11(22)13(24)14(25)17(28-9)30-16-12(23)10(6-20)29-18(15(16)26)27-8-3-1-7(21)2-4-8/h1-4,9-26H,5-6H2/t9-,10-,11-,12-,13+,14-,15-,16+,17+,18-/m1/s1. The van der Waals surface area contributed by atoms with Gasteiger partial charge in [-0.05, 0) is 24.3 Å². The lowest BCUT2D eigenvalue weighted by molar-refractivity contribution is -0.352. The molecule has 1 aromatic rings. The Kier molecular flexibility index (Phi) is 7.47. The van der Waals surface area contributed by atoms with E-state index in [1.807, 2.05) is 0 Å². The van der Waals surface area contributed by atoms with E-state index in [2.05, 4.69) is 0 Å². The summed E-state index contributed by atoms with van der Waals surface area (Å²) in [6, 6.07) is 5.48. The molecule has 0 saturated carbocycles. The van der Waals surface area contributed by atoms with E-state index in [1.54, 1.807) is 0 Å². The van der Waals surface area contributed by atoms with E-state index in [0.29, 0.717) is 0 Å². The van der Waals surface area contributed by atoms with Crippen LogP contribution >= 0.6 is 0 Å². The van der Waals surface area contributed by atoms with Gasteiger partial charge in [0.05, 0.1) is 13.2 Å². The molecule has 3 rings (SSSR count). The van der Waals surface area contributed by atoms with E-state index in [0.717, 1.165) is 0 Å². The van der Waals surface area contributed by atoms with Crippen molar-refractivity contribution in [2.75, 3.05) is 13.2 Å². The van der Waals surface area contributed by atoms with Crippen LogP contribution in [0.5, 0.6) is 11.5 Å². The molecule has 2 heterocycles. The Labute approximate surface area is 171 Å². The summed E-state index contributed by atoms with van der Waals surface area (Å²) in [5.74, 6) is 0.191. The van der Waals surface area contributed by atoms with Gasteiger partial charge in [-0.3, -0.25) is 0 Å². The average molecular weight is 434 g/mol. The zero-order chi connectivity index (χ0) is 22.0. The maximum absolute atomic E-state index is 10.6. The van der Waals surface area contributed by atoms with Crippen molar-refractivity contribution in [3.05, 3.63) is 24.3 Å². The van der Waals surface area contributed by atoms with Crippen LogP contribution in [0.2, 0.25) is 0 Å². The first kappa shape index (κ1) is 23.1. The first-order valence-corrected chi connectivity index (χ1v) is 9.31. The Morgan fingerprint density at radius 2 is 1.27 bits per heavy atom. The summed E-state index contributed by atoms with van der Waals surface area (Å²) >= 11 is 0. The molecule has 0 amide bonds. The number of phenols is 1. The van der Waals surface area contributed by atoms with Crippen molar-refractivity contribution in [3.63, 3.8) is 0 Å². The molecule has 12 heteroatoms. The summed E-state index contributed by atoms with van der Waals surface area (Å²) < 4.78 is 21.6. The zero-order valence-corrected chi connectivity index (χ0v) is 15.7. The molecule has 0 unspecified atom stereocenters. The monoisotopic (exact) mass is 434 g/mol. The molecule has 170 valence electrons. The zero-order valence-electron chi connectivity index (χ0n) is 15.7. The predicted octanol–water partition coefficient (Wildman–Crippen LogP) is -3.60. The van der Waals surface area contributed by atoms with Crippen LogP contribution < -0.4 is 4.74 Å². The minimum atomic E-state index is -1.76. The molecule has 8 N–H and O–H groups in total. The number of ether oxygens (including phenoxy) is 4. The molecule has 0 bridgehead atoms. The molecule has 1 aromatic carbocycles. The van der Waals surface area contributed by atoms with Crippen molar-refractivity contribution >= 4 is 0 Å². The maximum atomic E-state index is 10.6. The van der Waals surface area contributed by atoms with Crippen LogP contribution in [0, 0.1) is 0 Å². The lowest BCUT2D eigenvalue weighted by Crippen LogP contribution is -2.65. The molecule has 0 aliphatic carbocycles. The van der Waals surface area contributed by atoms with Crippen LogP contribution in [0.25, 0.3) is 0 Å². The largest absolute Gasteiger partial charge is 0.508 e. The van der Waals surface area contributed by atoms with Gasteiger partial charge in [0.2, 0.25) is 6.29 Å². The Morgan fingerprint density at radius 1 is 0.700 bits per heavy atom. The first-order chi connectivity index (χ1) is 14.3. The highest BCUT2D eigenvalue weighted by atomic mass is 16.7. The molecule has 0 radical (unpaired) electrons. The van der Waals surface area contributed by atoms with Gasteiger partial charge in [-0.2, -0.15) is 0 Å². The molecule has 12 nitrogen and oxygen atoms in total. The number of rotatable bonds is 6. The summed E-state index contributed by atoms with van der Waals surface area (Å²) in [7, 11) is 0. The Balaban J connectivity index is 1.76. The quantitative estimate of drug-likeness (QED) is 0.219. The van der Waals surface area contributed by atoms with Crippen molar-refractivity contribution in [2.24, 2.45) is 0 Å². The fourth-order valence-corrected chi connectivity index (χ4v) is 3.30. The maximum Gasteiger partial charge on any atom is 0.229 e. The number of hydrogen-bond donors (Lipinski definition) is 8. The summed E-state index contributed by atoms with van der Waals surface area (Å²) in [6.45, 7) is -1.34. The molecule has 2 aliphatic rings. The predicted molar refractivity (Wildman–Crippen MR) is 95.1 cm³/mol. The van der Waals surface area contributed by atoms with Crippen LogP contribution in [0.15, 0.2) is 24.3 Å². The van der Waals surface area contributed by atoms with E-state index in [-0.39, 0.29) is 11.5 Å². The summed E-state index contributed by atoms with van der Waals surface area (Å²) in [4.78, 5) is 0. The highest BCUT2D eigenvalue weighted by molar-refractivity contribution is 5.30. The molecule has 2 saturated heterocycles. The summed E-state index contributed by atoms with van der Waals surface area (Å²) in [5.41, 5.74) is 0. The Morgan fingerprint density at radius 3 is 1.87 bits per heavy atom. The van der Waals surface area contributed by atoms with Crippen LogP contribution in [0.3, 0.4) is 0 Å². The van der Waals surface area contributed by atoms with Gasteiger partial charge in [0.15, 0.2) is 6.29 Å². The number of phenolic OH excluding ortho intramolecular Hbond substituents is 1. The number of hydrogen-bond acceptors (Lipinski definition) is 12. The average Bonchev–Trinajstić information content (AvgIpc) is 2.74. The molecule has 0 spiro atoms. The molecule has 10 atom stereocenters. The third-order valence-electron chi connectivity index (χ3n) is 5.05. The molecular weight excluding hydrogens is 408 g/mol. The van der Waals surface area contributed by atoms with Gasteiger partial charge in [-0.25, -0.2) is 0 Å². The topological polar surface area (TPSA) is 199 Å². The number of aromatic hydroxyl groups is 1. The van der Waals surface area contributed by atoms with E-state index in [9.17, 15) is 40.9 Å². The van der Waals surface area contributed by atoms with Gasteiger partial charge in [-0.1, -0.05) is 0 Å². The molecule has 2 fully saturated rings. The molecule has 2 aliphatic heterocycles. The van der Waals surface area contributed by atoms with Crippen molar-refractivity contribution in [1.29, 1.82) is 0 Å². The normalized spacial score (nSPS) is 42.1. The lowest BCUT2D eigenvalue weighted by Gasteiger charge is -2.45. The minimum Gasteiger partial charge on any atom is -0.508 e. The van der Waals surface area contributed by atoms with E-state index >= 15 is 0 Å². The van der Waals surface area contributed by atoms with E-state index in [4.69, 9.17) is 18.9 Å². The van der Waals surface area contributed by atoms with Crippen LogP contribution in [0.1, 0.15) is 0 Å². The van der Waals surface area contributed by atoms with Gasteiger partial charge >= 0.3 is 0 Å². The molecular formula is C18H26O12. The highest BCUT2D eigenvalue weighted by Gasteiger charge is 2.51. The van der Waals surface area contributed by atoms with E-state index in [1.165, 1.54) is 24.3 Å². The summed E-state index contributed by atoms with van der Waals surface area (Å²) in [5, 5.41) is 79.0. The second kappa shape index (κ2) is 9.70. The van der Waals surface area contributed by atoms with E-state index < -0.39 is 74.6 Å².